The van der Waals surface area contributed by atoms with Crippen LogP contribution >= 0.6 is 15.9 Å². The highest BCUT2D eigenvalue weighted by Crippen LogP contribution is 2.15. The summed E-state index contributed by atoms with van der Waals surface area (Å²) in [4.78, 5) is 0. The number of rotatable bonds is 2. The Morgan fingerprint density at radius 3 is 2.42 bits per heavy atom. The summed E-state index contributed by atoms with van der Waals surface area (Å²) in [6.45, 7) is 0. The van der Waals surface area contributed by atoms with Crippen molar-refractivity contribution < 1.29 is 0 Å². The first-order valence-corrected chi connectivity index (χ1v) is 4.46. The molecule has 1 atom stereocenters. The number of benzene rings is 1. The van der Waals surface area contributed by atoms with Crippen LogP contribution in [0.1, 0.15) is 11.6 Å². The minimum atomic E-state index is 0.0121. The van der Waals surface area contributed by atoms with E-state index >= 15 is 0 Å². The zero-order chi connectivity index (χ0) is 8.97. The molecule has 1 aromatic rings. The molecule has 2 heteroatoms. The first-order chi connectivity index (χ1) is 5.77. The molecule has 0 fully saturated rings. The van der Waals surface area contributed by atoms with E-state index in [9.17, 15) is 0 Å². The molecule has 0 bridgehead atoms. The van der Waals surface area contributed by atoms with Gasteiger partial charge in [-0.25, -0.2) is 0 Å². The van der Waals surface area contributed by atoms with Crippen LogP contribution in [-0.2, 0) is 0 Å². The molecule has 0 saturated carbocycles. The molecule has 1 N–H and O–H groups in total. The van der Waals surface area contributed by atoms with E-state index in [0.29, 0.717) is 0 Å². The van der Waals surface area contributed by atoms with Gasteiger partial charge in [0.1, 0.15) is 0 Å². The van der Waals surface area contributed by atoms with Crippen LogP contribution in [-0.4, -0.2) is 7.05 Å². The fourth-order valence-electron chi connectivity index (χ4n) is 1.00. The van der Waals surface area contributed by atoms with E-state index < -0.39 is 0 Å². The molecule has 0 aliphatic rings. The molecule has 0 aliphatic heterocycles. The van der Waals surface area contributed by atoms with Gasteiger partial charge in [0, 0.05) is 4.47 Å². The smallest absolute Gasteiger partial charge is 0.0940 e. The lowest BCUT2D eigenvalue weighted by Crippen LogP contribution is -2.13. The summed E-state index contributed by atoms with van der Waals surface area (Å²) in [6, 6.07) is 7.99. The quantitative estimate of drug-likeness (QED) is 0.760. The maximum absolute atomic E-state index is 5.33. The average Bonchev–Trinajstić information content (AvgIpc) is 2.10. The zero-order valence-electron chi connectivity index (χ0n) is 6.84. The predicted octanol–water partition coefficient (Wildman–Crippen LogP) is 2.34. The molecule has 0 aliphatic carbocycles. The second-order valence-electron chi connectivity index (χ2n) is 2.44. The lowest BCUT2D eigenvalue weighted by Gasteiger charge is -2.08. The Labute approximate surface area is 81.3 Å². The Balaban J connectivity index is 2.89. The van der Waals surface area contributed by atoms with Gasteiger partial charge < -0.3 is 5.32 Å². The van der Waals surface area contributed by atoms with Crippen molar-refractivity contribution in [3.63, 3.8) is 0 Å². The van der Waals surface area contributed by atoms with Crippen LogP contribution in [0.4, 0.5) is 0 Å². The van der Waals surface area contributed by atoms with E-state index in [1.807, 2.05) is 31.3 Å². The normalized spacial score (nSPS) is 12.1. The van der Waals surface area contributed by atoms with Crippen LogP contribution in [0.3, 0.4) is 0 Å². The minimum absolute atomic E-state index is 0.0121. The number of halogens is 1. The molecule has 1 nitrogen and oxygen atoms in total. The van der Waals surface area contributed by atoms with Crippen LogP contribution in [0.15, 0.2) is 28.7 Å². The van der Waals surface area contributed by atoms with Crippen molar-refractivity contribution in [1.29, 1.82) is 0 Å². The molecular formula is C10H10BrN. The molecule has 62 valence electrons. The van der Waals surface area contributed by atoms with Gasteiger partial charge in [-0.1, -0.05) is 34.0 Å². The lowest BCUT2D eigenvalue weighted by atomic mass is 10.1. The number of hydrogen-bond acceptors (Lipinski definition) is 1. The van der Waals surface area contributed by atoms with Gasteiger partial charge in [-0.15, -0.1) is 6.42 Å². The van der Waals surface area contributed by atoms with Crippen LogP contribution in [0.2, 0.25) is 0 Å². The molecule has 0 radical (unpaired) electrons. The summed E-state index contributed by atoms with van der Waals surface area (Å²) in [7, 11) is 1.85. The topological polar surface area (TPSA) is 12.0 Å². The van der Waals surface area contributed by atoms with Crippen LogP contribution in [0, 0.1) is 12.3 Å². The number of terminal acetylenes is 1. The van der Waals surface area contributed by atoms with Crippen molar-refractivity contribution in [3.05, 3.63) is 34.3 Å². The summed E-state index contributed by atoms with van der Waals surface area (Å²) in [5.74, 6) is 2.66. The Morgan fingerprint density at radius 2 is 2.00 bits per heavy atom. The maximum atomic E-state index is 5.33. The highest BCUT2D eigenvalue weighted by molar-refractivity contribution is 9.10. The van der Waals surface area contributed by atoms with Gasteiger partial charge in [-0.3, -0.25) is 0 Å². The summed E-state index contributed by atoms with van der Waals surface area (Å²) in [5, 5.41) is 3.04. The van der Waals surface area contributed by atoms with Crippen molar-refractivity contribution >= 4 is 15.9 Å². The van der Waals surface area contributed by atoms with E-state index in [0.717, 1.165) is 10.0 Å². The molecular weight excluding hydrogens is 214 g/mol. The second kappa shape index (κ2) is 4.30. The summed E-state index contributed by atoms with van der Waals surface area (Å²) >= 11 is 3.37. The number of hydrogen-bond donors (Lipinski definition) is 1. The summed E-state index contributed by atoms with van der Waals surface area (Å²) in [5.41, 5.74) is 1.11. The average molecular weight is 224 g/mol. The van der Waals surface area contributed by atoms with Crippen molar-refractivity contribution in [2.45, 2.75) is 6.04 Å². The fourth-order valence-corrected chi connectivity index (χ4v) is 1.27. The van der Waals surface area contributed by atoms with E-state index in [2.05, 4.69) is 27.2 Å². The van der Waals surface area contributed by atoms with Crippen molar-refractivity contribution in [2.75, 3.05) is 7.05 Å². The molecule has 0 amide bonds. The Morgan fingerprint density at radius 1 is 1.42 bits per heavy atom. The predicted molar refractivity (Wildman–Crippen MR) is 54.8 cm³/mol. The first-order valence-electron chi connectivity index (χ1n) is 3.67. The van der Waals surface area contributed by atoms with Gasteiger partial charge in [-0.2, -0.15) is 0 Å². The van der Waals surface area contributed by atoms with Crippen LogP contribution in [0.25, 0.3) is 0 Å². The van der Waals surface area contributed by atoms with Gasteiger partial charge in [0.05, 0.1) is 6.04 Å². The van der Waals surface area contributed by atoms with Gasteiger partial charge in [0.15, 0.2) is 0 Å². The van der Waals surface area contributed by atoms with Crippen LogP contribution < -0.4 is 5.32 Å². The fraction of sp³-hybridized carbons (Fsp3) is 0.200. The minimum Gasteiger partial charge on any atom is -0.303 e. The molecule has 1 aromatic carbocycles. The standard InChI is InChI=1S/C10H10BrN/c1-3-10(12-2)8-4-6-9(11)7-5-8/h1,4-7,10,12H,2H3. The zero-order valence-corrected chi connectivity index (χ0v) is 8.43. The van der Waals surface area contributed by atoms with Gasteiger partial charge in [-0.05, 0) is 24.7 Å². The molecule has 0 saturated heterocycles. The van der Waals surface area contributed by atoms with Gasteiger partial charge >= 0.3 is 0 Å². The Kier molecular flexibility index (Phi) is 3.33. The molecule has 1 rings (SSSR count). The molecule has 1 unspecified atom stereocenters. The monoisotopic (exact) mass is 223 g/mol. The SMILES string of the molecule is C#CC(NC)c1ccc(Br)cc1. The molecule has 0 spiro atoms. The largest absolute Gasteiger partial charge is 0.303 e. The summed E-state index contributed by atoms with van der Waals surface area (Å²) < 4.78 is 1.07. The first kappa shape index (κ1) is 9.31. The lowest BCUT2D eigenvalue weighted by molar-refractivity contribution is 0.736. The molecule has 0 aromatic heterocycles. The van der Waals surface area contributed by atoms with Crippen LogP contribution in [0.5, 0.6) is 0 Å². The second-order valence-corrected chi connectivity index (χ2v) is 3.36. The third-order valence-electron chi connectivity index (χ3n) is 1.66. The van der Waals surface area contributed by atoms with Crippen molar-refractivity contribution in [3.8, 4) is 12.3 Å². The van der Waals surface area contributed by atoms with E-state index in [1.165, 1.54) is 0 Å². The van der Waals surface area contributed by atoms with Gasteiger partial charge in [0.2, 0.25) is 0 Å². The third kappa shape index (κ3) is 2.10. The Hall–Kier alpha value is -0.780. The van der Waals surface area contributed by atoms with E-state index in [4.69, 9.17) is 6.42 Å². The molecule has 0 heterocycles. The summed E-state index contributed by atoms with van der Waals surface area (Å²) in [6.07, 6.45) is 5.33. The van der Waals surface area contributed by atoms with Gasteiger partial charge in [0.25, 0.3) is 0 Å². The maximum Gasteiger partial charge on any atom is 0.0940 e. The molecule has 12 heavy (non-hydrogen) atoms. The van der Waals surface area contributed by atoms with Crippen molar-refractivity contribution in [1.82, 2.24) is 5.32 Å². The highest BCUT2D eigenvalue weighted by Gasteiger charge is 2.02. The third-order valence-corrected chi connectivity index (χ3v) is 2.19. The van der Waals surface area contributed by atoms with E-state index in [1.54, 1.807) is 0 Å². The van der Waals surface area contributed by atoms with E-state index in [-0.39, 0.29) is 6.04 Å². The van der Waals surface area contributed by atoms with Crippen molar-refractivity contribution in [2.24, 2.45) is 0 Å². The highest BCUT2D eigenvalue weighted by atomic mass is 79.9. The Bertz CT molecular complexity index is 284. The number of nitrogens with one attached hydrogen (secondary N) is 1.